The van der Waals surface area contributed by atoms with Gasteiger partial charge in [-0.3, -0.25) is 9.10 Å². The van der Waals surface area contributed by atoms with Crippen LogP contribution in [0.3, 0.4) is 0 Å². The second-order valence-electron chi connectivity index (χ2n) is 6.31. The molecule has 1 aliphatic rings. The molecule has 0 unspecified atom stereocenters. The number of benzene rings is 2. The first kappa shape index (κ1) is 19.6. The fourth-order valence-electron chi connectivity index (χ4n) is 2.81. The van der Waals surface area contributed by atoms with Gasteiger partial charge in [-0.25, -0.2) is 4.79 Å². The highest BCUT2D eigenvalue weighted by Gasteiger charge is 2.35. The number of hydrogen-bond donors (Lipinski definition) is 1. The molecule has 146 valence electrons. The second-order valence-corrected chi connectivity index (χ2v) is 8.03. The van der Waals surface area contributed by atoms with Gasteiger partial charge in [-0.1, -0.05) is 54.6 Å². The van der Waals surface area contributed by atoms with E-state index in [0.717, 1.165) is 4.31 Å². The number of ether oxygens (including phenoxy) is 1. The summed E-state index contributed by atoms with van der Waals surface area (Å²) in [7, 11) is -4.40. The molecule has 1 aliphatic heterocycles. The van der Waals surface area contributed by atoms with E-state index >= 15 is 0 Å². The topological polar surface area (TPSA) is 92.8 Å². The van der Waals surface area contributed by atoms with E-state index in [1.807, 2.05) is 12.1 Å². The molecule has 0 aromatic heterocycles. The Morgan fingerprint density at radius 2 is 1.75 bits per heavy atom. The lowest BCUT2D eigenvalue weighted by Gasteiger charge is -2.29. The van der Waals surface area contributed by atoms with Crippen LogP contribution >= 0.6 is 0 Å². The zero-order valence-corrected chi connectivity index (χ0v) is 16.1. The van der Waals surface area contributed by atoms with Crippen LogP contribution in [-0.2, 0) is 26.2 Å². The summed E-state index contributed by atoms with van der Waals surface area (Å²) in [6, 6.07) is 15.7. The average molecular weight is 400 g/mol. The van der Waals surface area contributed by atoms with Crippen LogP contribution in [-0.4, -0.2) is 32.7 Å². The molecule has 0 saturated heterocycles. The normalized spacial score (nSPS) is 13.3. The molecule has 0 atom stereocenters. The fourth-order valence-corrected chi connectivity index (χ4v) is 3.96. The number of amides is 1. The summed E-state index contributed by atoms with van der Waals surface area (Å²) < 4.78 is 31.8. The van der Waals surface area contributed by atoms with Crippen LogP contribution in [0.15, 0.2) is 60.2 Å². The summed E-state index contributed by atoms with van der Waals surface area (Å²) in [5.41, 5.74) is 2.39. The van der Waals surface area contributed by atoms with Crippen molar-refractivity contribution in [3.63, 3.8) is 0 Å². The summed E-state index contributed by atoms with van der Waals surface area (Å²) in [4.78, 5) is 23.6. The monoisotopic (exact) mass is 400 g/mol. The number of nitrogens with one attached hydrogen (secondary N) is 1. The van der Waals surface area contributed by atoms with Crippen LogP contribution in [0.5, 0.6) is 0 Å². The molecular formula is C20H20N2O5S. The average Bonchev–Trinajstić information content (AvgIpc) is 2.70. The second kappa shape index (κ2) is 8.26. The van der Waals surface area contributed by atoms with Gasteiger partial charge in [-0.15, -0.1) is 0 Å². The molecule has 7 nitrogen and oxygen atoms in total. The Morgan fingerprint density at radius 3 is 2.46 bits per heavy atom. The van der Waals surface area contributed by atoms with Crippen LogP contribution in [0.2, 0.25) is 0 Å². The minimum Gasteiger partial charge on any atom is -0.448 e. The van der Waals surface area contributed by atoms with Crippen molar-refractivity contribution in [2.75, 3.05) is 17.4 Å². The van der Waals surface area contributed by atoms with Crippen LogP contribution in [0, 0.1) is 0 Å². The zero-order chi connectivity index (χ0) is 20.1. The summed E-state index contributed by atoms with van der Waals surface area (Å²) >= 11 is 0. The Bertz CT molecular complexity index is 1020. The van der Waals surface area contributed by atoms with Crippen LogP contribution < -0.4 is 9.62 Å². The first-order valence-electron chi connectivity index (χ1n) is 8.64. The maximum Gasteiger partial charge on any atom is 0.445 e. The molecule has 0 saturated carbocycles. The Hall–Kier alpha value is -3.13. The van der Waals surface area contributed by atoms with E-state index in [1.165, 1.54) is 6.92 Å². The number of nitrogens with zero attached hydrogens (tertiary/aromatic N) is 1. The van der Waals surface area contributed by atoms with Gasteiger partial charge >= 0.3 is 15.3 Å². The molecule has 3 rings (SSSR count). The Kier molecular flexibility index (Phi) is 5.79. The zero-order valence-electron chi connectivity index (χ0n) is 15.3. The fraction of sp³-hybridized carbons (Fsp3) is 0.200. The molecular weight excluding hydrogens is 380 g/mol. The molecule has 1 heterocycles. The van der Waals surface area contributed by atoms with Gasteiger partial charge in [-0.05, 0) is 22.8 Å². The lowest BCUT2D eigenvalue weighted by molar-refractivity contribution is -0.118. The van der Waals surface area contributed by atoms with Crippen molar-refractivity contribution in [3.05, 3.63) is 71.3 Å². The Balaban J connectivity index is 1.82. The third-order valence-corrected chi connectivity index (χ3v) is 5.62. The van der Waals surface area contributed by atoms with Crippen molar-refractivity contribution in [2.45, 2.75) is 13.5 Å². The van der Waals surface area contributed by atoms with Crippen LogP contribution in [0.25, 0.3) is 6.08 Å². The largest absolute Gasteiger partial charge is 0.448 e. The predicted octanol–water partition coefficient (Wildman–Crippen LogP) is 2.69. The Labute approximate surface area is 163 Å². The van der Waals surface area contributed by atoms with E-state index in [2.05, 4.69) is 5.32 Å². The molecule has 0 radical (unpaired) electrons. The molecule has 1 amide bonds. The maximum atomic E-state index is 12.9. The summed E-state index contributed by atoms with van der Waals surface area (Å²) in [6.07, 6.45) is 1.81. The molecule has 0 spiro atoms. The quantitative estimate of drug-likeness (QED) is 0.779. The van der Waals surface area contributed by atoms with Gasteiger partial charge in [-0.2, -0.15) is 8.42 Å². The summed E-state index contributed by atoms with van der Waals surface area (Å²) in [5.74, 6) is -0.226. The highest BCUT2D eigenvalue weighted by atomic mass is 32.2. The van der Waals surface area contributed by atoms with E-state index in [-0.39, 0.29) is 25.6 Å². The van der Waals surface area contributed by atoms with Crippen molar-refractivity contribution in [1.82, 2.24) is 5.32 Å². The highest BCUT2D eigenvalue weighted by molar-refractivity contribution is 8.06. The SMILES string of the molecule is CC(=O)NCC1=Cc2ccccc2N(S(=O)(=O)C(=O)OCc2ccccc2)C1. The van der Waals surface area contributed by atoms with E-state index in [0.29, 0.717) is 22.4 Å². The molecule has 0 fully saturated rings. The molecule has 0 bridgehead atoms. The number of para-hydroxylation sites is 1. The Morgan fingerprint density at radius 1 is 1.07 bits per heavy atom. The van der Waals surface area contributed by atoms with Crippen LogP contribution in [0.1, 0.15) is 18.1 Å². The summed E-state index contributed by atoms with van der Waals surface area (Å²) in [6.45, 7) is 1.39. The molecule has 2 aromatic carbocycles. The van der Waals surface area contributed by atoms with Crippen molar-refractivity contribution >= 4 is 33.0 Å². The highest BCUT2D eigenvalue weighted by Crippen LogP contribution is 2.31. The first-order chi connectivity index (χ1) is 13.4. The van der Waals surface area contributed by atoms with E-state index < -0.39 is 15.3 Å². The minimum atomic E-state index is -4.40. The van der Waals surface area contributed by atoms with Crippen molar-refractivity contribution in [3.8, 4) is 0 Å². The van der Waals surface area contributed by atoms with Gasteiger partial charge in [0.15, 0.2) is 0 Å². The number of anilines is 1. The van der Waals surface area contributed by atoms with Gasteiger partial charge < -0.3 is 10.1 Å². The first-order valence-corrected chi connectivity index (χ1v) is 10.1. The lowest BCUT2D eigenvalue weighted by atomic mass is 10.0. The number of carbonyl (C=O) groups excluding carboxylic acids is 2. The van der Waals surface area contributed by atoms with E-state index in [1.54, 1.807) is 48.5 Å². The number of rotatable bonds is 5. The van der Waals surface area contributed by atoms with Gasteiger partial charge in [0.2, 0.25) is 5.91 Å². The van der Waals surface area contributed by atoms with Gasteiger partial charge in [0.25, 0.3) is 0 Å². The van der Waals surface area contributed by atoms with Crippen molar-refractivity contribution in [2.24, 2.45) is 0 Å². The van der Waals surface area contributed by atoms with E-state index in [4.69, 9.17) is 4.74 Å². The standard InChI is InChI=1S/C20H20N2O5S/c1-15(23)21-12-17-11-18-9-5-6-10-19(18)22(13-17)28(25,26)20(24)27-14-16-7-3-2-4-8-16/h2-11H,12-14H2,1H3,(H,21,23). The number of sulfonamides is 1. The van der Waals surface area contributed by atoms with Gasteiger partial charge in [0.1, 0.15) is 6.61 Å². The number of fused-ring (bicyclic) bond motifs is 1. The number of carbonyl (C=O) groups is 2. The predicted molar refractivity (Wildman–Crippen MR) is 106 cm³/mol. The third kappa shape index (κ3) is 4.40. The van der Waals surface area contributed by atoms with Gasteiger partial charge in [0, 0.05) is 13.5 Å². The maximum absolute atomic E-state index is 12.9. The molecule has 1 N–H and O–H groups in total. The van der Waals surface area contributed by atoms with Crippen LogP contribution in [0.4, 0.5) is 10.5 Å². The van der Waals surface area contributed by atoms with Gasteiger partial charge in [0.05, 0.1) is 12.2 Å². The third-order valence-electron chi connectivity index (χ3n) is 4.18. The van der Waals surface area contributed by atoms with Crippen molar-refractivity contribution in [1.29, 1.82) is 0 Å². The molecule has 0 aliphatic carbocycles. The summed E-state index contributed by atoms with van der Waals surface area (Å²) in [5, 5.41) is 1.34. The van der Waals surface area contributed by atoms with E-state index in [9.17, 15) is 18.0 Å². The number of hydrogen-bond acceptors (Lipinski definition) is 5. The van der Waals surface area contributed by atoms with Crippen molar-refractivity contribution < 1.29 is 22.7 Å². The smallest absolute Gasteiger partial charge is 0.445 e. The molecule has 8 heteroatoms. The molecule has 28 heavy (non-hydrogen) atoms. The minimum absolute atomic E-state index is 0.0416. The molecule has 2 aromatic rings. The lowest BCUT2D eigenvalue weighted by Crippen LogP contribution is -2.41.